The molecule has 17 heavy (non-hydrogen) atoms. The summed E-state index contributed by atoms with van der Waals surface area (Å²) in [6.07, 6.45) is 2.51. The predicted molar refractivity (Wildman–Crippen MR) is 71.7 cm³/mol. The molecule has 0 unspecified atom stereocenters. The fourth-order valence-corrected chi connectivity index (χ4v) is 2.55. The number of hydrogen-bond acceptors (Lipinski definition) is 2. The van der Waals surface area contributed by atoms with E-state index in [1.807, 2.05) is 12.1 Å². The lowest BCUT2D eigenvalue weighted by Gasteiger charge is -2.51. The standard InChI is InChI=1S/C15H21NO/c1-4-15(5-2)10-16(11-15)14-8-6-13(7-9-14)12(3)17/h6-9H,4-5,10-11H2,1-3H3. The van der Waals surface area contributed by atoms with E-state index < -0.39 is 0 Å². The molecule has 1 aromatic rings. The summed E-state index contributed by atoms with van der Waals surface area (Å²) in [6.45, 7) is 8.47. The first-order chi connectivity index (χ1) is 8.10. The topological polar surface area (TPSA) is 20.3 Å². The normalized spacial score (nSPS) is 17.7. The van der Waals surface area contributed by atoms with Crippen LogP contribution in [0.5, 0.6) is 0 Å². The molecule has 0 radical (unpaired) electrons. The van der Waals surface area contributed by atoms with Gasteiger partial charge in [0.25, 0.3) is 0 Å². The van der Waals surface area contributed by atoms with Gasteiger partial charge in [-0.05, 0) is 44.0 Å². The van der Waals surface area contributed by atoms with Crippen molar-refractivity contribution in [3.05, 3.63) is 29.8 Å². The smallest absolute Gasteiger partial charge is 0.159 e. The van der Waals surface area contributed by atoms with E-state index in [1.165, 1.54) is 18.5 Å². The zero-order valence-electron chi connectivity index (χ0n) is 11.0. The molecule has 1 aliphatic heterocycles. The Morgan fingerprint density at radius 1 is 1.18 bits per heavy atom. The molecule has 2 nitrogen and oxygen atoms in total. The maximum absolute atomic E-state index is 11.2. The van der Waals surface area contributed by atoms with E-state index in [2.05, 4.69) is 30.9 Å². The van der Waals surface area contributed by atoms with Crippen LogP contribution in [-0.2, 0) is 0 Å². The largest absolute Gasteiger partial charge is 0.370 e. The van der Waals surface area contributed by atoms with E-state index >= 15 is 0 Å². The first-order valence-corrected chi connectivity index (χ1v) is 6.46. The lowest BCUT2D eigenvalue weighted by Crippen LogP contribution is -2.55. The second-order valence-electron chi connectivity index (χ2n) is 5.17. The highest BCUT2D eigenvalue weighted by atomic mass is 16.1. The Kier molecular flexibility index (Phi) is 3.23. The maximum atomic E-state index is 11.2. The molecular weight excluding hydrogens is 210 g/mol. The SMILES string of the molecule is CCC1(CC)CN(c2ccc(C(C)=O)cc2)C1. The Labute approximate surface area is 104 Å². The molecule has 1 fully saturated rings. The van der Waals surface area contributed by atoms with Crippen molar-refractivity contribution in [3.8, 4) is 0 Å². The van der Waals surface area contributed by atoms with Gasteiger partial charge in [-0.3, -0.25) is 4.79 Å². The van der Waals surface area contributed by atoms with Gasteiger partial charge in [-0.1, -0.05) is 13.8 Å². The molecule has 0 aliphatic carbocycles. The number of Topliss-reactive ketones (excluding diaryl/α,β-unsaturated/α-hetero) is 1. The highest BCUT2D eigenvalue weighted by Crippen LogP contribution is 2.39. The lowest BCUT2D eigenvalue weighted by molar-refractivity contribution is 0.101. The third-order valence-corrected chi connectivity index (χ3v) is 4.19. The van der Waals surface area contributed by atoms with Gasteiger partial charge < -0.3 is 4.90 Å². The van der Waals surface area contributed by atoms with Crippen LogP contribution < -0.4 is 4.90 Å². The number of ketones is 1. The van der Waals surface area contributed by atoms with E-state index in [9.17, 15) is 4.79 Å². The molecule has 92 valence electrons. The molecule has 0 atom stereocenters. The van der Waals surface area contributed by atoms with Gasteiger partial charge in [-0.15, -0.1) is 0 Å². The fourth-order valence-electron chi connectivity index (χ4n) is 2.55. The Morgan fingerprint density at radius 3 is 2.12 bits per heavy atom. The summed E-state index contributed by atoms with van der Waals surface area (Å²) in [6, 6.07) is 7.98. The van der Waals surface area contributed by atoms with E-state index in [4.69, 9.17) is 0 Å². The lowest BCUT2D eigenvalue weighted by atomic mass is 9.75. The molecule has 0 amide bonds. The van der Waals surface area contributed by atoms with Crippen LogP contribution in [0.15, 0.2) is 24.3 Å². The molecule has 0 spiro atoms. The van der Waals surface area contributed by atoms with Crippen LogP contribution in [0.2, 0.25) is 0 Å². The van der Waals surface area contributed by atoms with Gasteiger partial charge in [-0.25, -0.2) is 0 Å². The molecule has 1 aromatic carbocycles. The number of hydrogen-bond donors (Lipinski definition) is 0. The van der Waals surface area contributed by atoms with Gasteiger partial charge in [0.2, 0.25) is 0 Å². The van der Waals surface area contributed by atoms with Crippen molar-refractivity contribution in [3.63, 3.8) is 0 Å². The molecule has 1 saturated heterocycles. The summed E-state index contributed by atoms with van der Waals surface area (Å²) in [7, 11) is 0. The number of nitrogens with zero attached hydrogens (tertiary/aromatic N) is 1. The van der Waals surface area contributed by atoms with Gasteiger partial charge in [-0.2, -0.15) is 0 Å². The van der Waals surface area contributed by atoms with E-state index in [0.717, 1.165) is 18.7 Å². The predicted octanol–water partition coefficient (Wildman–Crippen LogP) is 3.52. The first kappa shape index (κ1) is 12.2. The molecule has 2 rings (SSSR count). The third kappa shape index (κ3) is 2.21. The number of anilines is 1. The highest BCUT2D eigenvalue weighted by molar-refractivity contribution is 5.94. The van der Waals surface area contributed by atoms with Crippen molar-refractivity contribution >= 4 is 11.5 Å². The van der Waals surface area contributed by atoms with Crippen molar-refractivity contribution in [1.29, 1.82) is 0 Å². The second-order valence-corrected chi connectivity index (χ2v) is 5.17. The summed E-state index contributed by atoms with van der Waals surface area (Å²) in [5, 5.41) is 0. The highest BCUT2D eigenvalue weighted by Gasteiger charge is 2.39. The minimum Gasteiger partial charge on any atom is -0.370 e. The monoisotopic (exact) mass is 231 g/mol. The summed E-state index contributed by atoms with van der Waals surface area (Å²) < 4.78 is 0. The minimum atomic E-state index is 0.136. The molecule has 0 aromatic heterocycles. The number of benzene rings is 1. The van der Waals surface area contributed by atoms with Crippen LogP contribution in [0.3, 0.4) is 0 Å². The Morgan fingerprint density at radius 2 is 1.71 bits per heavy atom. The zero-order chi connectivity index (χ0) is 12.5. The molecular formula is C15H21NO. The van der Waals surface area contributed by atoms with Crippen LogP contribution in [0, 0.1) is 5.41 Å². The van der Waals surface area contributed by atoms with Gasteiger partial charge in [0, 0.05) is 29.8 Å². The number of rotatable bonds is 4. The average Bonchev–Trinajstić information content (AvgIpc) is 2.29. The van der Waals surface area contributed by atoms with Crippen LogP contribution in [0.4, 0.5) is 5.69 Å². The average molecular weight is 231 g/mol. The third-order valence-electron chi connectivity index (χ3n) is 4.19. The second kappa shape index (κ2) is 4.52. The van der Waals surface area contributed by atoms with Gasteiger partial charge >= 0.3 is 0 Å². The Hall–Kier alpha value is -1.31. The van der Waals surface area contributed by atoms with Crippen LogP contribution >= 0.6 is 0 Å². The molecule has 0 N–H and O–H groups in total. The molecule has 1 aliphatic rings. The van der Waals surface area contributed by atoms with E-state index in [1.54, 1.807) is 6.92 Å². The van der Waals surface area contributed by atoms with Gasteiger partial charge in [0.1, 0.15) is 0 Å². The van der Waals surface area contributed by atoms with Crippen molar-refractivity contribution in [1.82, 2.24) is 0 Å². The van der Waals surface area contributed by atoms with Gasteiger partial charge in [0.05, 0.1) is 0 Å². The van der Waals surface area contributed by atoms with E-state index in [0.29, 0.717) is 5.41 Å². The van der Waals surface area contributed by atoms with Crippen molar-refractivity contribution in [2.24, 2.45) is 5.41 Å². The minimum absolute atomic E-state index is 0.136. The summed E-state index contributed by atoms with van der Waals surface area (Å²) >= 11 is 0. The number of carbonyl (C=O) groups excluding carboxylic acids is 1. The number of carbonyl (C=O) groups is 1. The first-order valence-electron chi connectivity index (χ1n) is 6.46. The molecule has 0 saturated carbocycles. The maximum Gasteiger partial charge on any atom is 0.159 e. The quantitative estimate of drug-likeness (QED) is 0.739. The fraction of sp³-hybridized carbons (Fsp3) is 0.533. The van der Waals surface area contributed by atoms with Crippen LogP contribution in [0.1, 0.15) is 44.0 Å². The van der Waals surface area contributed by atoms with Crippen molar-refractivity contribution in [2.45, 2.75) is 33.6 Å². The van der Waals surface area contributed by atoms with Crippen molar-refractivity contribution < 1.29 is 4.79 Å². The Bertz CT molecular complexity index is 395. The summed E-state index contributed by atoms with van der Waals surface area (Å²) in [5.74, 6) is 0.136. The molecule has 0 bridgehead atoms. The zero-order valence-corrected chi connectivity index (χ0v) is 11.0. The van der Waals surface area contributed by atoms with Gasteiger partial charge in [0.15, 0.2) is 5.78 Å². The van der Waals surface area contributed by atoms with Crippen LogP contribution in [0.25, 0.3) is 0 Å². The van der Waals surface area contributed by atoms with Crippen molar-refractivity contribution in [2.75, 3.05) is 18.0 Å². The molecule has 2 heteroatoms. The molecule has 1 heterocycles. The Balaban J connectivity index is 2.04. The van der Waals surface area contributed by atoms with E-state index in [-0.39, 0.29) is 5.78 Å². The summed E-state index contributed by atoms with van der Waals surface area (Å²) in [4.78, 5) is 13.6. The van der Waals surface area contributed by atoms with Crippen LogP contribution in [-0.4, -0.2) is 18.9 Å². The summed E-state index contributed by atoms with van der Waals surface area (Å²) in [5.41, 5.74) is 2.57.